The lowest BCUT2D eigenvalue weighted by molar-refractivity contribution is 0.0954. The van der Waals surface area contributed by atoms with Crippen LogP contribution in [0.15, 0.2) is 67.0 Å². The lowest BCUT2D eigenvalue weighted by atomic mass is 10.2. The van der Waals surface area contributed by atoms with Crippen molar-refractivity contribution in [3.63, 3.8) is 0 Å². The molecule has 0 saturated carbocycles. The van der Waals surface area contributed by atoms with Crippen molar-refractivity contribution in [2.75, 3.05) is 11.9 Å². The second kappa shape index (κ2) is 8.66. The number of amides is 3. The topological polar surface area (TPSA) is 102 Å². The number of primary amides is 1. The lowest BCUT2D eigenvalue weighted by Crippen LogP contribution is -2.27. The largest absolute Gasteiger partial charge is 0.352 e. The average Bonchev–Trinajstić information content (AvgIpc) is 3.09. The van der Waals surface area contributed by atoms with Gasteiger partial charge in [-0.3, -0.25) is 4.79 Å². The zero-order valence-electron chi connectivity index (χ0n) is 14.8. The molecular weight excluding hydrogens is 342 g/mol. The minimum Gasteiger partial charge on any atom is -0.352 e. The third kappa shape index (κ3) is 5.18. The molecule has 4 N–H and O–H groups in total. The van der Waals surface area contributed by atoms with Gasteiger partial charge in [0.15, 0.2) is 0 Å². The fourth-order valence-corrected chi connectivity index (χ4v) is 2.76. The fraction of sp³-hybridized carbons (Fsp3) is 0.150. The molecule has 7 heteroatoms. The third-order valence-corrected chi connectivity index (χ3v) is 4.02. The normalized spacial score (nSPS) is 10.4. The summed E-state index contributed by atoms with van der Waals surface area (Å²) < 4.78 is 2.07. The van der Waals surface area contributed by atoms with Gasteiger partial charge in [0.2, 0.25) is 0 Å². The van der Waals surface area contributed by atoms with E-state index in [2.05, 4.69) is 32.3 Å². The molecule has 2 aromatic carbocycles. The van der Waals surface area contributed by atoms with E-state index >= 15 is 0 Å². The molecule has 0 atom stereocenters. The molecule has 27 heavy (non-hydrogen) atoms. The molecular formula is C20H21N5O2. The molecule has 7 nitrogen and oxygen atoms in total. The number of rotatable bonds is 7. The van der Waals surface area contributed by atoms with E-state index in [1.165, 1.54) is 5.56 Å². The van der Waals surface area contributed by atoms with Crippen LogP contribution in [0, 0.1) is 0 Å². The molecule has 0 bridgehead atoms. The predicted molar refractivity (Wildman–Crippen MR) is 103 cm³/mol. The van der Waals surface area contributed by atoms with Crippen LogP contribution in [0.1, 0.15) is 21.7 Å². The smallest absolute Gasteiger partial charge is 0.316 e. The third-order valence-electron chi connectivity index (χ3n) is 4.02. The van der Waals surface area contributed by atoms with Gasteiger partial charge in [-0.2, -0.15) is 0 Å². The Hall–Kier alpha value is -3.61. The maximum Gasteiger partial charge on any atom is 0.316 e. The molecule has 0 spiro atoms. The van der Waals surface area contributed by atoms with Crippen molar-refractivity contribution < 1.29 is 9.59 Å². The van der Waals surface area contributed by atoms with Gasteiger partial charge in [0.25, 0.3) is 5.91 Å². The van der Waals surface area contributed by atoms with E-state index in [1.54, 1.807) is 30.5 Å². The number of hydrogen-bond acceptors (Lipinski definition) is 3. The molecule has 0 aliphatic carbocycles. The van der Waals surface area contributed by atoms with Crippen molar-refractivity contribution in [2.24, 2.45) is 5.73 Å². The van der Waals surface area contributed by atoms with E-state index in [0.717, 1.165) is 12.4 Å². The molecule has 0 aliphatic rings. The Morgan fingerprint density at radius 3 is 2.67 bits per heavy atom. The Morgan fingerprint density at radius 1 is 1.07 bits per heavy atom. The summed E-state index contributed by atoms with van der Waals surface area (Å²) in [7, 11) is 0. The maximum atomic E-state index is 12.3. The van der Waals surface area contributed by atoms with Gasteiger partial charge in [-0.1, -0.05) is 36.4 Å². The molecule has 1 aromatic heterocycles. The molecule has 3 amide bonds. The van der Waals surface area contributed by atoms with Crippen LogP contribution < -0.4 is 16.4 Å². The number of nitrogens with two attached hydrogens (primary N) is 1. The molecule has 1 heterocycles. The first-order chi connectivity index (χ1) is 13.1. The van der Waals surface area contributed by atoms with E-state index in [4.69, 9.17) is 5.73 Å². The van der Waals surface area contributed by atoms with Crippen molar-refractivity contribution in [1.29, 1.82) is 0 Å². The maximum absolute atomic E-state index is 12.3. The highest BCUT2D eigenvalue weighted by Crippen LogP contribution is 2.10. The fourth-order valence-electron chi connectivity index (χ4n) is 2.76. The zero-order valence-corrected chi connectivity index (χ0v) is 14.8. The molecule has 3 aromatic rings. The average molecular weight is 363 g/mol. The Bertz CT molecular complexity index is 921. The van der Waals surface area contributed by atoms with E-state index in [9.17, 15) is 9.59 Å². The predicted octanol–water partition coefficient (Wildman–Crippen LogP) is 2.39. The summed E-state index contributed by atoms with van der Waals surface area (Å²) >= 11 is 0. The summed E-state index contributed by atoms with van der Waals surface area (Å²) in [5.41, 5.74) is 7.22. The number of imidazole rings is 1. The number of carbonyl (C=O) groups is 2. The van der Waals surface area contributed by atoms with Gasteiger partial charge in [0.05, 0.1) is 0 Å². The summed E-state index contributed by atoms with van der Waals surface area (Å²) in [4.78, 5) is 27.6. The van der Waals surface area contributed by atoms with Crippen LogP contribution in [-0.4, -0.2) is 28.0 Å². The van der Waals surface area contributed by atoms with Crippen LogP contribution in [0.5, 0.6) is 0 Å². The van der Waals surface area contributed by atoms with Crippen LogP contribution in [-0.2, 0) is 13.0 Å². The second-order valence-electron chi connectivity index (χ2n) is 6.03. The van der Waals surface area contributed by atoms with Crippen molar-refractivity contribution in [3.8, 4) is 0 Å². The van der Waals surface area contributed by atoms with Gasteiger partial charge in [-0.25, -0.2) is 9.78 Å². The van der Waals surface area contributed by atoms with Gasteiger partial charge < -0.3 is 20.9 Å². The van der Waals surface area contributed by atoms with E-state index in [-0.39, 0.29) is 5.91 Å². The summed E-state index contributed by atoms with van der Waals surface area (Å²) in [6.07, 6.45) is 4.31. The van der Waals surface area contributed by atoms with Crippen molar-refractivity contribution in [1.82, 2.24) is 14.9 Å². The Balaban J connectivity index is 1.55. The van der Waals surface area contributed by atoms with Gasteiger partial charge >= 0.3 is 6.03 Å². The number of benzene rings is 2. The molecule has 0 unspecified atom stereocenters. The number of anilines is 1. The highest BCUT2D eigenvalue weighted by atomic mass is 16.2. The summed E-state index contributed by atoms with van der Waals surface area (Å²) in [5, 5.41) is 5.33. The van der Waals surface area contributed by atoms with Crippen molar-refractivity contribution >= 4 is 17.6 Å². The molecule has 138 valence electrons. The monoisotopic (exact) mass is 363 g/mol. The van der Waals surface area contributed by atoms with E-state index in [1.807, 2.05) is 24.4 Å². The Labute approximate surface area is 157 Å². The SMILES string of the molecule is NC(=O)Nc1cccc(C(=O)NCCc2nccn2Cc2ccccc2)c1. The number of nitrogens with one attached hydrogen (secondary N) is 2. The van der Waals surface area contributed by atoms with E-state index in [0.29, 0.717) is 24.2 Å². The number of aromatic nitrogens is 2. The minimum atomic E-state index is -0.669. The highest BCUT2D eigenvalue weighted by molar-refractivity contribution is 5.96. The number of nitrogens with zero attached hydrogens (tertiary/aromatic N) is 2. The van der Waals surface area contributed by atoms with Gasteiger partial charge in [0, 0.05) is 43.2 Å². The van der Waals surface area contributed by atoms with Crippen molar-refractivity contribution in [3.05, 3.63) is 83.9 Å². The van der Waals surface area contributed by atoms with E-state index < -0.39 is 6.03 Å². The standard InChI is InChI=1S/C20H21N5O2/c21-20(27)24-17-8-4-7-16(13-17)19(26)23-10-9-18-22-11-12-25(18)14-15-5-2-1-3-6-15/h1-8,11-13H,9-10,14H2,(H,23,26)(H3,21,24,27). The van der Waals surface area contributed by atoms with Crippen LogP contribution in [0.3, 0.4) is 0 Å². The Kier molecular flexibility index (Phi) is 5.84. The Morgan fingerprint density at radius 2 is 1.89 bits per heavy atom. The van der Waals surface area contributed by atoms with Gasteiger partial charge in [-0.15, -0.1) is 0 Å². The first kappa shape index (κ1) is 18.2. The van der Waals surface area contributed by atoms with Crippen LogP contribution >= 0.6 is 0 Å². The van der Waals surface area contributed by atoms with Gasteiger partial charge in [0.1, 0.15) is 5.82 Å². The first-order valence-corrected chi connectivity index (χ1v) is 8.60. The van der Waals surface area contributed by atoms with Crippen molar-refractivity contribution in [2.45, 2.75) is 13.0 Å². The second-order valence-corrected chi connectivity index (χ2v) is 6.03. The number of carbonyl (C=O) groups excluding carboxylic acids is 2. The molecule has 3 rings (SSSR count). The lowest BCUT2D eigenvalue weighted by Gasteiger charge is -2.10. The summed E-state index contributed by atoms with van der Waals surface area (Å²) in [6.45, 7) is 1.20. The highest BCUT2D eigenvalue weighted by Gasteiger charge is 2.08. The van der Waals surface area contributed by atoms with Gasteiger partial charge in [-0.05, 0) is 23.8 Å². The van der Waals surface area contributed by atoms with Crippen LogP contribution in [0.4, 0.5) is 10.5 Å². The number of urea groups is 1. The first-order valence-electron chi connectivity index (χ1n) is 8.60. The summed E-state index contributed by atoms with van der Waals surface area (Å²) in [6, 6.07) is 16.1. The molecule has 0 aliphatic heterocycles. The van der Waals surface area contributed by atoms with Crippen LogP contribution in [0.2, 0.25) is 0 Å². The quantitative estimate of drug-likeness (QED) is 0.600. The number of hydrogen-bond donors (Lipinski definition) is 3. The summed E-state index contributed by atoms with van der Waals surface area (Å²) in [5.74, 6) is 0.688. The van der Waals surface area contributed by atoms with Crippen LogP contribution in [0.25, 0.3) is 0 Å². The molecule has 0 saturated heterocycles. The minimum absolute atomic E-state index is 0.218. The molecule has 0 radical (unpaired) electrons. The zero-order chi connectivity index (χ0) is 19.1. The molecule has 0 fully saturated rings.